The Hall–Kier alpha value is -1.83. The number of sulfone groups is 1. The standard InChI is InChI=1S/C15H22N2O5S/c1-11(2)8-17(12-5-7-23(20,21)10-12)14(18)9-22-15(19)13-4-3-6-16-13/h3-4,6,11-12,16H,5,7-10H2,1-2H3/t12-/m0/s1. The van der Waals surface area contributed by atoms with Crippen LogP contribution in [-0.4, -0.2) is 60.9 Å². The molecule has 128 valence electrons. The van der Waals surface area contributed by atoms with Gasteiger partial charge < -0.3 is 14.6 Å². The van der Waals surface area contributed by atoms with Gasteiger partial charge in [-0.25, -0.2) is 13.2 Å². The highest BCUT2D eigenvalue weighted by atomic mass is 32.2. The number of aromatic amines is 1. The zero-order chi connectivity index (χ0) is 17.0. The second-order valence-corrected chi connectivity index (χ2v) is 8.39. The van der Waals surface area contributed by atoms with Crippen LogP contribution in [0.4, 0.5) is 0 Å². The molecule has 1 fully saturated rings. The number of carbonyl (C=O) groups excluding carboxylic acids is 2. The van der Waals surface area contributed by atoms with E-state index in [4.69, 9.17) is 4.74 Å². The summed E-state index contributed by atoms with van der Waals surface area (Å²) in [5.74, 6) is -0.688. The molecule has 0 unspecified atom stereocenters. The Kier molecular flexibility index (Phi) is 5.46. The van der Waals surface area contributed by atoms with Crippen LogP contribution in [-0.2, 0) is 19.4 Å². The number of nitrogens with zero attached hydrogens (tertiary/aromatic N) is 1. The first-order valence-corrected chi connectivity index (χ1v) is 9.41. The molecule has 0 spiro atoms. The zero-order valence-corrected chi connectivity index (χ0v) is 14.1. The van der Waals surface area contributed by atoms with Crippen LogP contribution >= 0.6 is 0 Å². The fourth-order valence-electron chi connectivity index (χ4n) is 2.61. The van der Waals surface area contributed by atoms with Crippen LogP contribution in [0, 0.1) is 5.92 Å². The number of aromatic nitrogens is 1. The first-order valence-electron chi connectivity index (χ1n) is 7.59. The van der Waals surface area contributed by atoms with Gasteiger partial charge in [0, 0.05) is 18.8 Å². The number of nitrogens with one attached hydrogen (secondary N) is 1. The van der Waals surface area contributed by atoms with Crippen LogP contribution in [0.3, 0.4) is 0 Å². The molecule has 23 heavy (non-hydrogen) atoms. The molecule has 2 heterocycles. The van der Waals surface area contributed by atoms with Gasteiger partial charge in [-0.15, -0.1) is 0 Å². The van der Waals surface area contributed by atoms with Crippen molar-refractivity contribution < 1.29 is 22.7 Å². The van der Waals surface area contributed by atoms with Gasteiger partial charge >= 0.3 is 5.97 Å². The SMILES string of the molecule is CC(C)CN(C(=O)COC(=O)c1ccc[nH]1)[C@H]1CCS(=O)(=O)C1. The van der Waals surface area contributed by atoms with Gasteiger partial charge in [-0.2, -0.15) is 0 Å². The number of amides is 1. The fourth-order valence-corrected chi connectivity index (χ4v) is 4.35. The predicted molar refractivity (Wildman–Crippen MR) is 84.7 cm³/mol. The molecule has 1 amide bonds. The van der Waals surface area contributed by atoms with Crippen molar-refractivity contribution >= 4 is 21.7 Å². The van der Waals surface area contributed by atoms with E-state index in [1.165, 1.54) is 4.90 Å². The van der Waals surface area contributed by atoms with Gasteiger partial charge in [-0.1, -0.05) is 13.8 Å². The normalized spacial score (nSPS) is 19.7. The minimum atomic E-state index is -3.08. The third kappa shape index (κ3) is 4.82. The van der Waals surface area contributed by atoms with Gasteiger partial charge in [0.25, 0.3) is 5.91 Å². The third-order valence-electron chi connectivity index (χ3n) is 3.68. The van der Waals surface area contributed by atoms with E-state index >= 15 is 0 Å². The Morgan fingerprint density at radius 2 is 2.17 bits per heavy atom. The quantitative estimate of drug-likeness (QED) is 0.773. The van der Waals surface area contributed by atoms with Gasteiger partial charge in [0.05, 0.1) is 11.5 Å². The summed E-state index contributed by atoms with van der Waals surface area (Å²) in [6, 6.07) is 2.88. The van der Waals surface area contributed by atoms with Crippen LogP contribution in [0.25, 0.3) is 0 Å². The maximum atomic E-state index is 12.4. The second-order valence-electron chi connectivity index (χ2n) is 6.16. The topological polar surface area (TPSA) is 96.5 Å². The number of esters is 1. The molecular weight excluding hydrogens is 320 g/mol. The lowest BCUT2D eigenvalue weighted by molar-refractivity contribution is -0.137. The van der Waals surface area contributed by atoms with E-state index in [2.05, 4.69) is 4.98 Å². The molecule has 1 saturated heterocycles. The maximum Gasteiger partial charge on any atom is 0.355 e. The van der Waals surface area contributed by atoms with E-state index in [1.807, 2.05) is 13.8 Å². The number of hydrogen-bond donors (Lipinski definition) is 1. The molecule has 0 saturated carbocycles. The summed E-state index contributed by atoms with van der Waals surface area (Å²) in [5.41, 5.74) is 0.275. The summed E-state index contributed by atoms with van der Waals surface area (Å²) in [4.78, 5) is 28.4. The van der Waals surface area contributed by atoms with Crippen LogP contribution in [0.1, 0.15) is 30.8 Å². The monoisotopic (exact) mass is 342 g/mol. The first kappa shape index (κ1) is 17.5. The highest BCUT2D eigenvalue weighted by Crippen LogP contribution is 2.19. The number of hydrogen-bond acceptors (Lipinski definition) is 5. The molecule has 1 aromatic rings. The molecular formula is C15H22N2O5S. The first-order chi connectivity index (χ1) is 10.8. The van der Waals surface area contributed by atoms with Crippen molar-refractivity contribution in [2.24, 2.45) is 5.92 Å². The Morgan fingerprint density at radius 3 is 2.70 bits per heavy atom. The summed E-state index contributed by atoms with van der Waals surface area (Å²) < 4.78 is 28.3. The van der Waals surface area contributed by atoms with Crippen molar-refractivity contribution in [3.63, 3.8) is 0 Å². The highest BCUT2D eigenvalue weighted by Gasteiger charge is 2.35. The molecule has 8 heteroatoms. The lowest BCUT2D eigenvalue weighted by Gasteiger charge is -2.29. The molecule has 0 aromatic carbocycles. The third-order valence-corrected chi connectivity index (χ3v) is 5.43. The summed E-state index contributed by atoms with van der Waals surface area (Å²) >= 11 is 0. The Morgan fingerprint density at radius 1 is 1.43 bits per heavy atom. The van der Waals surface area contributed by atoms with Gasteiger partial charge in [0.2, 0.25) is 0 Å². The van der Waals surface area contributed by atoms with E-state index in [-0.39, 0.29) is 41.7 Å². The van der Waals surface area contributed by atoms with Gasteiger partial charge in [0.15, 0.2) is 16.4 Å². The zero-order valence-electron chi connectivity index (χ0n) is 13.3. The Balaban J connectivity index is 1.98. The van der Waals surface area contributed by atoms with E-state index in [0.717, 1.165) is 0 Å². The summed E-state index contributed by atoms with van der Waals surface area (Å²) in [5, 5.41) is 0. The second kappa shape index (κ2) is 7.16. The molecule has 1 aliphatic rings. The number of ether oxygens (including phenoxy) is 1. The van der Waals surface area contributed by atoms with Crippen molar-refractivity contribution in [1.82, 2.24) is 9.88 Å². The van der Waals surface area contributed by atoms with Crippen LogP contribution in [0.2, 0.25) is 0 Å². The molecule has 1 N–H and O–H groups in total. The van der Waals surface area contributed by atoms with E-state index < -0.39 is 15.8 Å². The van der Waals surface area contributed by atoms with Crippen molar-refractivity contribution in [1.29, 1.82) is 0 Å². The number of H-pyrrole nitrogens is 1. The highest BCUT2D eigenvalue weighted by molar-refractivity contribution is 7.91. The minimum absolute atomic E-state index is 0.0178. The smallest absolute Gasteiger partial charge is 0.355 e. The van der Waals surface area contributed by atoms with E-state index in [9.17, 15) is 18.0 Å². The average Bonchev–Trinajstić information content (AvgIpc) is 3.11. The molecule has 0 aliphatic carbocycles. The van der Waals surface area contributed by atoms with Crippen molar-refractivity contribution in [3.8, 4) is 0 Å². The van der Waals surface area contributed by atoms with E-state index in [0.29, 0.717) is 13.0 Å². The van der Waals surface area contributed by atoms with E-state index in [1.54, 1.807) is 18.3 Å². The molecule has 0 bridgehead atoms. The maximum absolute atomic E-state index is 12.4. The number of rotatable bonds is 6. The molecule has 0 radical (unpaired) electrons. The summed E-state index contributed by atoms with van der Waals surface area (Å²) in [6.45, 7) is 3.96. The lowest BCUT2D eigenvalue weighted by Crippen LogP contribution is -2.45. The molecule has 2 rings (SSSR count). The Bertz CT molecular complexity index is 651. The predicted octanol–water partition coefficient (Wildman–Crippen LogP) is 0.843. The van der Waals surface area contributed by atoms with Crippen LogP contribution < -0.4 is 0 Å². The molecule has 1 aromatic heterocycles. The molecule has 1 atom stereocenters. The summed E-state index contributed by atoms with van der Waals surface area (Å²) in [6.07, 6.45) is 2.03. The fraction of sp³-hybridized carbons (Fsp3) is 0.600. The largest absolute Gasteiger partial charge is 0.451 e. The molecule has 1 aliphatic heterocycles. The van der Waals surface area contributed by atoms with Crippen molar-refractivity contribution in [2.45, 2.75) is 26.3 Å². The number of carbonyl (C=O) groups is 2. The summed E-state index contributed by atoms with van der Waals surface area (Å²) in [7, 11) is -3.08. The van der Waals surface area contributed by atoms with Gasteiger partial charge in [-0.05, 0) is 24.5 Å². The van der Waals surface area contributed by atoms with Crippen molar-refractivity contribution in [2.75, 3.05) is 24.7 Å². The lowest BCUT2D eigenvalue weighted by atomic mass is 10.1. The molecule has 7 nitrogen and oxygen atoms in total. The van der Waals surface area contributed by atoms with Crippen LogP contribution in [0.15, 0.2) is 18.3 Å². The van der Waals surface area contributed by atoms with Crippen LogP contribution in [0.5, 0.6) is 0 Å². The Labute approximate surface area is 135 Å². The average molecular weight is 342 g/mol. The van der Waals surface area contributed by atoms with Gasteiger partial charge in [-0.3, -0.25) is 4.79 Å². The minimum Gasteiger partial charge on any atom is -0.451 e. The van der Waals surface area contributed by atoms with Gasteiger partial charge in [0.1, 0.15) is 5.69 Å². The van der Waals surface area contributed by atoms with Crippen molar-refractivity contribution in [3.05, 3.63) is 24.0 Å².